The molecule has 5 N–H and O–H groups in total. The number of H-pyrrole nitrogens is 2. The first kappa shape index (κ1) is 48.0. The maximum atomic E-state index is 13.7. The summed E-state index contributed by atoms with van der Waals surface area (Å²) in [7, 11) is 0. The van der Waals surface area contributed by atoms with Crippen LogP contribution in [0.1, 0.15) is 162 Å². The van der Waals surface area contributed by atoms with E-state index in [0.29, 0.717) is 17.8 Å². The molecule has 2 aromatic heterocycles. The van der Waals surface area contributed by atoms with Crippen LogP contribution in [-0.2, 0) is 41.6 Å². The number of amides is 3. The summed E-state index contributed by atoms with van der Waals surface area (Å²) in [5, 5.41) is 8.47. The minimum atomic E-state index is -0.910. The summed E-state index contributed by atoms with van der Waals surface area (Å²) >= 11 is 0. The van der Waals surface area contributed by atoms with Gasteiger partial charge in [-0.15, -0.1) is 0 Å². The topological polar surface area (TPSA) is 196 Å². The second kappa shape index (κ2) is 27.4. The molecule has 0 aromatic carbocycles. The number of unbranched alkanes of at least 4 members (excludes halogenated alkanes) is 12. The Morgan fingerprint density at radius 3 is 1.64 bits per heavy atom. The molecule has 56 heavy (non-hydrogen) atoms. The Labute approximate surface area is 334 Å². The molecule has 0 saturated heterocycles. The fourth-order valence-corrected chi connectivity index (χ4v) is 6.89. The van der Waals surface area contributed by atoms with Crippen LogP contribution in [0.15, 0.2) is 25.0 Å². The van der Waals surface area contributed by atoms with Crippen molar-refractivity contribution in [1.82, 2.24) is 35.9 Å². The summed E-state index contributed by atoms with van der Waals surface area (Å²) in [4.78, 5) is 93.3. The second-order valence-corrected chi connectivity index (χ2v) is 15.9. The van der Waals surface area contributed by atoms with E-state index in [1.807, 2.05) is 0 Å². The van der Waals surface area contributed by atoms with Gasteiger partial charge in [-0.25, -0.2) is 9.97 Å². The summed E-state index contributed by atoms with van der Waals surface area (Å²) in [6, 6.07) is -2.45. The van der Waals surface area contributed by atoms with E-state index in [1.54, 1.807) is 47.0 Å². The number of carbonyl (C=O) groups is 6. The van der Waals surface area contributed by atoms with E-state index in [9.17, 15) is 28.8 Å². The Morgan fingerprint density at radius 2 is 1.14 bits per heavy atom. The van der Waals surface area contributed by atoms with Gasteiger partial charge in [-0.05, 0) is 19.3 Å². The molecule has 13 heteroatoms. The molecule has 0 fully saturated rings. The molecule has 0 radical (unpaired) electrons. The number of rotatable bonds is 32. The lowest BCUT2D eigenvalue weighted by atomic mass is 9.88. The Balaban J connectivity index is 1.92. The maximum Gasteiger partial charge on any atom is 0.224 e. The van der Waals surface area contributed by atoms with E-state index in [2.05, 4.69) is 42.8 Å². The number of aromatic amines is 2. The lowest BCUT2D eigenvalue weighted by Crippen LogP contribution is -2.49. The van der Waals surface area contributed by atoms with Crippen LogP contribution < -0.4 is 16.0 Å². The Morgan fingerprint density at radius 1 is 0.607 bits per heavy atom. The van der Waals surface area contributed by atoms with Gasteiger partial charge >= 0.3 is 0 Å². The second-order valence-electron chi connectivity index (χ2n) is 15.9. The minimum absolute atomic E-state index is 0.123. The average Bonchev–Trinajstić information content (AvgIpc) is 3.89. The molecule has 0 unspecified atom stereocenters. The van der Waals surface area contributed by atoms with Crippen molar-refractivity contribution >= 4 is 35.1 Å². The van der Waals surface area contributed by atoms with Gasteiger partial charge in [0.05, 0.1) is 36.7 Å². The molecule has 0 bridgehead atoms. The van der Waals surface area contributed by atoms with Crippen LogP contribution in [-0.4, -0.2) is 73.1 Å². The van der Waals surface area contributed by atoms with Gasteiger partial charge in [0.15, 0.2) is 17.3 Å². The summed E-state index contributed by atoms with van der Waals surface area (Å²) < 4.78 is 0. The summed E-state index contributed by atoms with van der Waals surface area (Å²) in [6.07, 6.45) is 22.6. The molecular weight excluding hydrogens is 711 g/mol. The lowest BCUT2D eigenvalue weighted by Gasteiger charge is -2.26. The normalized spacial score (nSPS) is 14.1. The van der Waals surface area contributed by atoms with Crippen LogP contribution in [0.5, 0.6) is 0 Å². The fraction of sp³-hybridized carbons (Fsp3) is 0.721. The van der Waals surface area contributed by atoms with E-state index in [0.717, 1.165) is 19.3 Å². The molecule has 0 aliphatic carbocycles. The van der Waals surface area contributed by atoms with E-state index >= 15 is 0 Å². The van der Waals surface area contributed by atoms with Crippen LogP contribution in [0.3, 0.4) is 0 Å². The zero-order chi connectivity index (χ0) is 41.3. The highest BCUT2D eigenvalue weighted by Gasteiger charge is 2.33. The van der Waals surface area contributed by atoms with Crippen molar-refractivity contribution in [2.45, 2.75) is 182 Å². The molecule has 2 aromatic rings. The van der Waals surface area contributed by atoms with Gasteiger partial charge in [0.1, 0.15) is 0 Å². The SMILES string of the molecule is CCCCCCCCCCCCCCCC(=O)N[C@H](Cc1cnc[nH]1)C(=O)C[C@@H](C)C(=O)N[C@H](C(=O)C[C@@H](Cc1cnc[nH]1)C(=O)N[C@@H](C)C(=O)CC)C(C)C. The zero-order valence-electron chi connectivity index (χ0n) is 35.1. The van der Waals surface area contributed by atoms with Gasteiger partial charge in [0, 0.05) is 68.2 Å². The molecular formula is C43H71N7O6. The first-order valence-corrected chi connectivity index (χ1v) is 21.3. The number of nitrogens with zero attached hydrogens (tertiary/aromatic N) is 2. The van der Waals surface area contributed by atoms with E-state index in [1.165, 1.54) is 76.9 Å². The number of ketones is 3. The molecule has 2 rings (SSSR count). The van der Waals surface area contributed by atoms with Crippen LogP contribution in [0.25, 0.3) is 0 Å². The standard InChI is InChI=1S/C43H71N7O6/c1-7-9-10-11-12-13-14-15-16-17-18-19-20-21-40(54)49-36(25-35-27-45-29-47-35)38(52)22-31(5)42(55)50-41(30(3)4)39(53)24-33(23-34-26-44-28-46-34)43(56)48-32(6)37(51)8-2/h26-33,36,41H,7-25H2,1-6H3,(H,44,46)(H,45,47)(H,48,56)(H,49,54)(H,50,55)/t31-,32+,33-,36-,41+/m1/s1. The molecule has 13 nitrogen and oxygen atoms in total. The number of imidazole rings is 2. The van der Waals surface area contributed by atoms with Gasteiger partial charge in [0.2, 0.25) is 17.7 Å². The fourth-order valence-electron chi connectivity index (χ4n) is 6.89. The third kappa shape index (κ3) is 19.1. The van der Waals surface area contributed by atoms with Crippen molar-refractivity contribution < 1.29 is 28.8 Å². The van der Waals surface area contributed by atoms with Crippen molar-refractivity contribution in [1.29, 1.82) is 0 Å². The molecule has 314 valence electrons. The third-order valence-electron chi connectivity index (χ3n) is 10.5. The van der Waals surface area contributed by atoms with Crippen molar-refractivity contribution in [2.24, 2.45) is 17.8 Å². The Kier molecular flexibility index (Phi) is 23.5. The quantitative estimate of drug-likeness (QED) is 0.0507. The average molecular weight is 782 g/mol. The van der Waals surface area contributed by atoms with Crippen LogP contribution in [0, 0.1) is 17.8 Å². The molecule has 0 saturated carbocycles. The Hall–Kier alpha value is -4.16. The smallest absolute Gasteiger partial charge is 0.224 e. The van der Waals surface area contributed by atoms with Gasteiger partial charge in [-0.3, -0.25) is 28.8 Å². The molecule has 5 atom stereocenters. The first-order chi connectivity index (χ1) is 26.9. The summed E-state index contributed by atoms with van der Waals surface area (Å²) in [5.74, 6) is -3.75. The number of Topliss-reactive ketones (excluding diaryl/α,β-unsaturated/α-hetero) is 3. The van der Waals surface area contributed by atoms with Crippen molar-refractivity contribution in [3.05, 3.63) is 36.4 Å². The highest BCUT2D eigenvalue weighted by molar-refractivity contribution is 5.96. The third-order valence-corrected chi connectivity index (χ3v) is 10.5. The molecule has 2 heterocycles. The highest BCUT2D eigenvalue weighted by Crippen LogP contribution is 2.18. The van der Waals surface area contributed by atoms with Crippen LogP contribution in [0.2, 0.25) is 0 Å². The number of carbonyl (C=O) groups excluding carboxylic acids is 6. The van der Waals surface area contributed by atoms with Crippen molar-refractivity contribution in [2.75, 3.05) is 0 Å². The van der Waals surface area contributed by atoms with Gasteiger partial charge in [-0.1, -0.05) is 112 Å². The van der Waals surface area contributed by atoms with Crippen LogP contribution in [0.4, 0.5) is 0 Å². The highest BCUT2D eigenvalue weighted by atomic mass is 16.2. The molecule has 3 amide bonds. The largest absolute Gasteiger partial charge is 0.348 e. The van der Waals surface area contributed by atoms with Crippen molar-refractivity contribution in [3.8, 4) is 0 Å². The van der Waals surface area contributed by atoms with E-state index < -0.39 is 41.8 Å². The monoisotopic (exact) mass is 782 g/mol. The van der Waals surface area contributed by atoms with E-state index in [4.69, 9.17) is 0 Å². The summed E-state index contributed by atoms with van der Waals surface area (Å²) in [6.45, 7) is 10.8. The molecule has 0 aliphatic rings. The minimum Gasteiger partial charge on any atom is -0.348 e. The molecule has 0 aliphatic heterocycles. The number of hydrogen-bond acceptors (Lipinski definition) is 8. The van der Waals surface area contributed by atoms with E-state index in [-0.39, 0.29) is 61.3 Å². The number of aromatic nitrogens is 4. The van der Waals surface area contributed by atoms with Gasteiger partial charge < -0.3 is 25.9 Å². The summed E-state index contributed by atoms with van der Waals surface area (Å²) in [5.41, 5.74) is 1.35. The van der Waals surface area contributed by atoms with Gasteiger partial charge in [-0.2, -0.15) is 0 Å². The van der Waals surface area contributed by atoms with Crippen LogP contribution >= 0.6 is 0 Å². The zero-order valence-corrected chi connectivity index (χ0v) is 35.1. The first-order valence-electron chi connectivity index (χ1n) is 21.3. The number of nitrogens with one attached hydrogen (secondary N) is 5. The molecule has 0 spiro atoms. The Bertz CT molecular complexity index is 1440. The predicted octanol–water partition coefficient (Wildman–Crippen LogP) is 6.68. The van der Waals surface area contributed by atoms with Crippen molar-refractivity contribution in [3.63, 3.8) is 0 Å². The lowest BCUT2D eigenvalue weighted by molar-refractivity contribution is -0.135. The predicted molar refractivity (Wildman–Crippen MR) is 218 cm³/mol. The maximum absolute atomic E-state index is 13.7. The number of hydrogen-bond donors (Lipinski definition) is 5. The van der Waals surface area contributed by atoms with Gasteiger partial charge in [0.25, 0.3) is 0 Å².